The summed E-state index contributed by atoms with van der Waals surface area (Å²) in [5, 5.41) is 0. The smallest absolute Gasteiger partial charge is 0.0391 e. The highest BCUT2D eigenvalue weighted by Crippen LogP contribution is 2.23. The monoisotopic (exact) mass is 169 g/mol. The third-order valence-corrected chi connectivity index (χ3v) is 3.06. The van der Waals surface area contributed by atoms with Gasteiger partial charge in [0.25, 0.3) is 0 Å². The highest BCUT2D eigenvalue weighted by Gasteiger charge is 2.11. The predicted molar refractivity (Wildman–Crippen MR) is 57.0 cm³/mol. The maximum absolute atomic E-state index is 4.11. The van der Waals surface area contributed by atoms with Crippen molar-refractivity contribution in [3.05, 3.63) is 6.92 Å². The molecule has 0 bridgehead atoms. The first kappa shape index (κ1) is 12.0. The fraction of sp³-hybridized carbons (Fsp3) is 0.917. The van der Waals surface area contributed by atoms with E-state index in [9.17, 15) is 0 Å². The van der Waals surface area contributed by atoms with Crippen molar-refractivity contribution in [2.24, 2.45) is 17.8 Å². The lowest BCUT2D eigenvalue weighted by Gasteiger charge is -2.20. The van der Waals surface area contributed by atoms with Gasteiger partial charge in [0, 0.05) is 0 Å². The summed E-state index contributed by atoms with van der Waals surface area (Å²) in [7, 11) is 0. The molecule has 0 aromatic rings. The van der Waals surface area contributed by atoms with E-state index in [-0.39, 0.29) is 0 Å². The summed E-state index contributed by atoms with van der Waals surface area (Å²) in [6.45, 7) is 13.3. The molecule has 0 N–H and O–H groups in total. The van der Waals surface area contributed by atoms with Gasteiger partial charge in [-0.05, 0) is 24.2 Å². The van der Waals surface area contributed by atoms with Crippen LogP contribution in [0.2, 0.25) is 0 Å². The summed E-state index contributed by atoms with van der Waals surface area (Å²) in [4.78, 5) is 0. The van der Waals surface area contributed by atoms with Gasteiger partial charge in [-0.25, -0.2) is 0 Å². The van der Waals surface area contributed by atoms with Crippen molar-refractivity contribution >= 4 is 0 Å². The lowest BCUT2D eigenvalue weighted by molar-refractivity contribution is 0.335. The Kier molecular flexibility index (Phi) is 6.51. The molecule has 0 amide bonds. The highest BCUT2D eigenvalue weighted by atomic mass is 14.2. The van der Waals surface area contributed by atoms with Crippen LogP contribution in [0.1, 0.15) is 53.4 Å². The zero-order valence-electron chi connectivity index (χ0n) is 9.27. The topological polar surface area (TPSA) is 0 Å². The van der Waals surface area contributed by atoms with E-state index < -0.39 is 0 Å². The van der Waals surface area contributed by atoms with Gasteiger partial charge in [0.1, 0.15) is 0 Å². The van der Waals surface area contributed by atoms with Crippen molar-refractivity contribution in [3.8, 4) is 0 Å². The van der Waals surface area contributed by atoms with Crippen LogP contribution in [0.15, 0.2) is 0 Å². The Balaban J connectivity index is 3.58. The van der Waals surface area contributed by atoms with Gasteiger partial charge in [-0.1, -0.05) is 53.9 Å². The summed E-state index contributed by atoms with van der Waals surface area (Å²) >= 11 is 0. The molecule has 0 aliphatic heterocycles. The lowest BCUT2D eigenvalue weighted by atomic mass is 9.86. The second-order valence-corrected chi connectivity index (χ2v) is 4.24. The van der Waals surface area contributed by atoms with Crippen LogP contribution < -0.4 is 0 Å². The molecule has 0 heterocycles. The first-order chi connectivity index (χ1) is 5.61. The molecule has 3 atom stereocenters. The van der Waals surface area contributed by atoms with E-state index in [1.54, 1.807) is 0 Å². The Morgan fingerprint density at radius 2 is 1.58 bits per heavy atom. The zero-order chi connectivity index (χ0) is 9.56. The molecular formula is C12H25. The van der Waals surface area contributed by atoms with Crippen molar-refractivity contribution in [2.75, 3.05) is 0 Å². The summed E-state index contributed by atoms with van der Waals surface area (Å²) in [5.74, 6) is 2.37. The standard InChI is InChI=1S/C12H25/c1-6-11(5)8-9-12(7-2)10(3)4/h10-12H,3,6-9H2,1-2,4-5H3. The minimum atomic E-state index is 0.624. The summed E-state index contributed by atoms with van der Waals surface area (Å²) in [5.41, 5.74) is 0. The Labute approximate surface area is 78.8 Å². The van der Waals surface area contributed by atoms with Gasteiger partial charge >= 0.3 is 0 Å². The van der Waals surface area contributed by atoms with E-state index in [0.29, 0.717) is 5.92 Å². The normalized spacial score (nSPS) is 16.5. The highest BCUT2D eigenvalue weighted by molar-refractivity contribution is 4.67. The van der Waals surface area contributed by atoms with Crippen molar-refractivity contribution in [1.82, 2.24) is 0 Å². The van der Waals surface area contributed by atoms with Crippen molar-refractivity contribution in [3.63, 3.8) is 0 Å². The van der Waals surface area contributed by atoms with Crippen molar-refractivity contribution in [1.29, 1.82) is 0 Å². The molecule has 0 spiro atoms. The molecule has 0 heteroatoms. The average Bonchev–Trinajstić information content (AvgIpc) is 2.04. The van der Waals surface area contributed by atoms with Gasteiger partial charge in [0.2, 0.25) is 0 Å². The molecule has 73 valence electrons. The molecular weight excluding hydrogens is 144 g/mol. The molecule has 0 aliphatic rings. The summed E-state index contributed by atoms with van der Waals surface area (Å²) < 4.78 is 0. The Hall–Kier alpha value is 0. The number of hydrogen-bond acceptors (Lipinski definition) is 0. The van der Waals surface area contributed by atoms with Gasteiger partial charge < -0.3 is 0 Å². The molecule has 0 rings (SSSR count). The molecule has 12 heavy (non-hydrogen) atoms. The summed E-state index contributed by atoms with van der Waals surface area (Å²) in [6.07, 6.45) is 5.37. The maximum Gasteiger partial charge on any atom is -0.0391 e. The Morgan fingerprint density at radius 1 is 1.00 bits per heavy atom. The predicted octanol–water partition coefficient (Wildman–Crippen LogP) is 4.31. The van der Waals surface area contributed by atoms with E-state index in [1.165, 1.54) is 25.7 Å². The Bertz CT molecular complexity index is 94.2. The fourth-order valence-electron chi connectivity index (χ4n) is 1.59. The van der Waals surface area contributed by atoms with Gasteiger partial charge in [-0.3, -0.25) is 0 Å². The van der Waals surface area contributed by atoms with Crippen molar-refractivity contribution in [2.45, 2.75) is 53.4 Å². The van der Waals surface area contributed by atoms with Gasteiger partial charge in [-0.15, -0.1) is 0 Å². The third-order valence-electron chi connectivity index (χ3n) is 3.06. The van der Waals surface area contributed by atoms with Crippen LogP contribution in [0.25, 0.3) is 0 Å². The van der Waals surface area contributed by atoms with E-state index in [1.807, 2.05) is 0 Å². The van der Waals surface area contributed by atoms with Crippen LogP contribution in [-0.2, 0) is 0 Å². The van der Waals surface area contributed by atoms with Crippen LogP contribution >= 0.6 is 0 Å². The molecule has 0 nitrogen and oxygen atoms in total. The molecule has 1 radical (unpaired) electrons. The van der Waals surface area contributed by atoms with E-state index in [0.717, 1.165) is 11.8 Å². The molecule has 0 saturated heterocycles. The minimum Gasteiger partial charge on any atom is -0.0651 e. The van der Waals surface area contributed by atoms with Gasteiger partial charge in [0.15, 0.2) is 0 Å². The molecule has 0 fully saturated rings. The SMILES string of the molecule is [CH2]C(C)C(CC)CCC(C)CC. The fourth-order valence-corrected chi connectivity index (χ4v) is 1.59. The Morgan fingerprint density at radius 3 is 1.92 bits per heavy atom. The largest absolute Gasteiger partial charge is 0.0651 e. The first-order valence-corrected chi connectivity index (χ1v) is 5.44. The third kappa shape index (κ3) is 4.79. The lowest BCUT2D eigenvalue weighted by Crippen LogP contribution is -2.09. The van der Waals surface area contributed by atoms with Gasteiger partial charge in [0.05, 0.1) is 0 Å². The molecule has 3 unspecified atom stereocenters. The van der Waals surface area contributed by atoms with E-state index >= 15 is 0 Å². The summed E-state index contributed by atoms with van der Waals surface area (Å²) in [6, 6.07) is 0. The minimum absolute atomic E-state index is 0.624. The van der Waals surface area contributed by atoms with E-state index in [2.05, 4.69) is 34.6 Å². The second kappa shape index (κ2) is 6.51. The van der Waals surface area contributed by atoms with Crippen LogP contribution in [-0.4, -0.2) is 0 Å². The van der Waals surface area contributed by atoms with Crippen molar-refractivity contribution < 1.29 is 0 Å². The number of rotatable bonds is 6. The second-order valence-electron chi connectivity index (χ2n) is 4.24. The molecule has 0 aromatic carbocycles. The van der Waals surface area contributed by atoms with Crippen LogP contribution in [0.5, 0.6) is 0 Å². The molecule has 0 saturated carbocycles. The van der Waals surface area contributed by atoms with E-state index in [4.69, 9.17) is 0 Å². The molecule has 0 aliphatic carbocycles. The first-order valence-electron chi connectivity index (χ1n) is 5.44. The van der Waals surface area contributed by atoms with Crippen LogP contribution in [0, 0.1) is 24.7 Å². The zero-order valence-corrected chi connectivity index (χ0v) is 9.27. The molecule has 0 aromatic heterocycles. The van der Waals surface area contributed by atoms with Crippen LogP contribution in [0.4, 0.5) is 0 Å². The van der Waals surface area contributed by atoms with Crippen LogP contribution in [0.3, 0.4) is 0 Å². The maximum atomic E-state index is 4.11. The number of hydrogen-bond donors (Lipinski definition) is 0. The quantitative estimate of drug-likeness (QED) is 0.556. The average molecular weight is 169 g/mol. The van der Waals surface area contributed by atoms with Gasteiger partial charge in [-0.2, -0.15) is 0 Å².